The van der Waals surface area contributed by atoms with E-state index in [1.165, 1.54) is 14.0 Å². The number of ether oxygens (including phenoxy) is 1. The van der Waals surface area contributed by atoms with Crippen molar-refractivity contribution >= 4 is 41.1 Å². The fraction of sp³-hybridized carbons (Fsp3) is 0.235. The van der Waals surface area contributed by atoms with Gasteiger partial charge < -0.3 is 15.4 Å². The van der Waals surface area contributed by atoms with Crippen molar-refractivity contribution in [1.82, 2.24) is 9.97 Å². The molecule has 9 nitrogen and oxygen atoms in total. The highest BCUT2D eigenvalue weighted by molar-refractivity contribution is 8.00. The standard InChI is InChI=1S/C17H18N4O5S/c1-9(16(25)26-3)27-17-20-13(18-10(2)22)12(15(24)21-17)19-14(23)11-7-5-4-6-8-11/h4-9H,1-3H3,(H,19,23)(H2,18,20,21,22,24)/t9-/m0/s1. The van der Waals surface area contributed by atoms with Crippen molar-refractivity contribution in [2.75, 3.05) is 17.7 Å². The number of thioether (sulfide) groups is 1. The molecule has 0 aliphatic heterocycles. The van der Waals surface area contributed by atoms with E-state index < -0.39 is 28.6 Å². The van der Waals surface area contributed by atoms with Crippen LogP contribution in [0.15, 0.2) is 40.3 Å². The molecule has 1 aromatic carbocycles. The molecule has 0 fully saturated rings. The van der Waals surface area contributed by atoms with E-state index in [9.17, 15) is 19.2 Å². The van der Waals surface area contributed by atoms with Crippen LogP contribution in [0.3, 0.4) is 0 Å². The van der Waals surface area contributed by atoms with Crippen LogP contribution in [0.2, 0.25) is 0 Å². The van der Waals surface area contributed by atoms with E-state index in [0.717, 1.165) is 11.8 Å². The Kier molecular flexibility index (Phi) is 6.72. The van der Waals surface area contributed by atoms with Crippen LogP contribution in [-0.2, 0) is 14.3 Å². The molecular formula is C17H18N4O5S. The maximum Gasteiger partial charge on any atom is 0.318 e. The number of hydrogen-bond donors (Lipinski definition) is 3. The van der Waals surface area contributed by atoms with Crippen molar-refractivity contribution in [2.45, 2.75) is 24.3 Å². The van der Waals surface area contributed by atoms with Gasteiger partial charge in [0.15, 0.2) is 16.7 Å². The molecule has 2 rings (SSSR count). The number of nitrogens with one attached hydrogen (secondary N) is 3. The molecule has 0 unspecified atom stereocenters. The van der Waals surface area contributed by atoms with E-state index in [1.807, 2.05) is 0 Å². The summed E-state index contributed by atoms with van der Waals surface area (Å²) in [6.45, 7) is 2.83. The first-order valence-electron chi connectivity index (χ1n) is 7.84. The summed E-state index contributed by atoms with van der Waals surface area (Å²) in [5.41, 5.74) is -0.532. The van der Waals surface area contributed by atoms with Crippen LogP contribution in [0.1, 0.15) is 24.2 Å². The van der Waals surface area contributed by atoms with Crippen LogP contribution >= 0.6 is 11.8 Å². The molecule has 1 heterocycles. The molecule has 2 amide bonds. The summed E-state index contributed by atoms with van der Waals surface area (Å²) in [4.78, 5) is 54.4. The lowest BCUT2D eigenvalue weighted by molar-refractivity contribution is -0.139. The van der Waals surface area contributed by atoms with Gasteiger partial charge in [0, 0.05) is 12.5 Å². The maximum absolute atomic E-state index is 12.4. The number of H-pyrrole nitrogens is 1. The number of aromatic amines is 1. The summed E-state index contributed by atoms with van der Waals surface area (Å²) >= 11 is 0.950. The molecule has 1 atom stereocenters. The Morgan fingerprint density at radius 1 is 1.19 bits per heavy atom. The normalized spacial score (nSPS) is 11.4. The average molecular weight is 390 g/mol. The average Bonchev–Trinajstić information content (AvgIpc) is 2.63. The first-order chi connectivity index (χ1) is 12.8. The van der Waals surface area contributed by atoms with Crippen molar-refractivity contribution in [2.24, 2.45) is 0 Å². The summed E-state index contributed by atoms with van der Waals surface area (Å²) in [6, 6.07) is 8.27. The molecule has 2 aromatic rings. The van der Waals surface area contributed by atoms with Crippen molar-refractivity contribution in [3.05, 3.63) is 46.2 Å². The summed E-state index contributed by atoms with van der Waals surface area (Å²) in [5.74, 6) is -1.61. The zero-order chi connectivity index (χ0) is 20.0. The van der Waals surface area contributed by atoms with Gasteiger partial charge in [0.1, 0.15) is 5.25 Å². The van der Waals surface area contributed by atoms with Gasteiger partial charge in [-0.15, -0.1) is 0 Å². The Morgan fingerprint density at radius 3 is 2.44 bits per heavy atom. The molecule has 0 bridgehead atoms. The number of aromatic nitrogens is 2. The number of carbonyl (C=O) groups is 3. The van der Waals surface area contributed by atoms with Gasteiger partial charge in [-0.05, 0) is 19.1 Å². The highest BCUT2D eigenvalue weighted by atomic mass is 32.2. The van der Waals surface area contributed by atoms with Crippen molar-refractivity contribution in [1.29, 1.82) is 0 Å². The number of methoxy groups -OCH3 is 1. The minimum atomic E-state index is -0.669. The molecule has 0 saturated heterocycles. The smallest absolute Gasteiger partial charge is 0.318 e. The number of benzene rings is 1. The number of amides is 2. The summed E-state index contributed by atoms with van der Waals surface area (Å²) in [7, 11) is 1.25. The van der Waals surface area contributed by atoms with E-state index in [2.05, 4.69) is 25.3 Å². The minimum absolute atomic E-state index is 0.0966. The topological polar surface area (TPSA) is 130 Å². The first-order valence-corrected chi connectivity index (χ1v) is 8.72. The van der Waals surface area contributed by atoms with Gasteiger partial charge in [-0.2, -0.15) is 0 Å². The molecule has 142 valence electrons. The maximum atomic E-state index is 12.4. The van der Waals surface area contributed by atoms with E-state index in [0.29, 0.717) is 5.56 Å². The number of esters is 1. The lowest BCUT2D eigenvalue weighted by Crippen LogP contribution is -2.25. The number of hydrogen-bond acceptors (Lipinski definition) is 7. The zero-order valence-corrected chi connectivity index (χ0v) is 15.7. The Labute approximate surface area is 158 Å². The third-order valence-electron chi connectivity index (χ3n) is 3.29. The number of nitrogens with zero attached hydrogens (tertiary/aromatic N) is 1. The molecule has 10 heteroatoms. The van der Waals surface area contributed by atoms with Crippen LogP contribution < -0.4 is 16.2 Å². The van der Waals surface area contributed by atoms with Crippen LogP contribution in [0.5, 0.6) is 0 Å². The summed E-state index contributed by atoms with van der Waals surface area (Å²) in [5, 5.41) is 4.33. The van der Waals surface area contributed by atoms with Crippen molar-refractivity contribution in [3.8, 4) is 0 Å². The van der Waals surface area contributed by atoms with E-state index >= 15 is 0 Å². The van der Waals surface area contributed by atoms with Crippen molar-refractivity contribution < 1.29 is 19.1 Å². The molecular weight excluding hydrogens is 372 g/mol. The Morgan fingerprint density at radius 2 is 1.85 bits per heavy atom. The largest absolute Gasteiger partial charge is 0.468 e. The second-order valence-electron chi connectivity index (χ2n) is 5.38. The Hall–Kier alpha value is -3.14. The minimum Gasteiger partial charge on any atom is -0.468 e. The SMILES string of the molecule is COC(=O)[C@H](C)Sc1nc(NC(C)=O)c(NC(=O)c2ccccc2)c(=O)[nH]1. The molecule has 3 N–H and O–H groups in total. The molecule has 0 aliphatic carbocycles. The van der Waals surface area contributed by atoms with Gasteiger partial charge in [0.25, 0.3) is 11.5 Å². The van der Waals surface area contributed by atoms with E-state index in [1.54, 1.807) is 37.3 Å². The van der Waals surface area contributed by atoms with E-state index in [4.69, 9.17) is 0 Å². The van der Waals surface area contributed by atoms with Crippen LogP contribution in [0, 0.1) is 0 Å². The molecule has 1 aromatic heterocycles. The highest BCUT2D eigenvalue weighted by Gasteiger charge is 2.20. The number of carbonyl (C=O) groups excluding carboxylic acids is 3. The molecule has 0 saturated carbocycles. The Balaban J connectivity index is 2.36. The first kappa shape index (κ1) is 20.2. The highest BCUT2D eigenvalue weighted by Crippen LogP contribution is 2.23. The third-order valence-corrected chi connectivity index (χ3v) is 4.25. The summed E-state index contributed by atoms with van der Waals surface area (Å²) in [6.07, 6.45) is 0. The van der Waals surface area contributed by atoms with Gasteiger partial charge in [-0.3, -0.25) is 24.2 Å². The van der Waals surface area contributed by atoms with Gasteiger partial charge in [-0.25, -0.2) is 4.98 Å². The van der Waals surface area contributed by atoms with Gasteiger partial charge in [0.05, 0.1) is 7.11 Å². The quantitative estimate of drug-likeness (QED) is 0.388. The van der Waals surface area contributed by atoms with Gasteiger partial charge in [0.2, 0.25) is 5.91 Å². The molecule has 0 aliphatic rings. The third kappa shape index (κ3) is 5.42. The van der Waals surface area contributed by atoms with Crippen LogP contribution in [0.25, 0.3) is 0 Å². The second kappa shape index (κ2) is 8.99. The fourth-order valence-corrected chi connectivity index (χ4v) is 2.86. The van der Waals surface area contributed by atoms with Crippen molar-refractivity contribution in [3.63, 3.8) is 0 Å². The fourth-order valence-electron chi connectivity index (χ4n) is 2.04. The predicted octanol–water partition coefficient (Wildman–Crippen LogP) is 1.63. The number of anilines is 2. The van der Waals surface area contributed by atoms with Crippen LogP contribution in [0.4, 0.5) is 11.5 Å². The molecule has 0 spiro atoms. The van der Waals surface area contributed by atoms with Gasteiger partial charge >= 0.3 is 5.97 Å². The second-order valence-corrected chi connectivity index (χ2v) is 6.71. The lowest BCUT2D eigenvalue weighted by Gasteiger charge is -2.13. The van der Waals surface area contributed by atoms with E-state index in [-0.39, 0.29) is 16.7 Å². The van der Waals surface area contributed by atoms with Gasteiger partial charge in [-0.1, -0.05) is 30.0 Å². The van der Waals surface area contributed by atoms with Crippen LogP contribution in [-0.4, -0.2) is 40.1 Å². The number of rotatable bonds is 6. The zero-order valence-electron chi connectivity index (χ0n) is 14.9. The molecule has 27 heavy (non-hydrogen) atoms. The Bertz CT molecular complexity index is 913. The lowest BCUT2D eigenvalue weighted by atomic mass is 10.2. The summed E-state index contributed by atoms with van der Waals surface area (Å²) < 4.78 is 4.63. The molecule has 0 radical (unpaired) electrons. The monoisotopic (exact) mass is 390 g/mol. The predicted molar refractivity (Wildman–Crippen MR) is 101 cm³/mol.